The molecule has 0 atom stereocenters. The van der Waals surface area contributed by atoms with Gasteiger partial charge < -0.3 is 5.11 Å². The van der Waals surface area contributed by atoms with Gasteiger partial charge in [0, 0.05) is 30.1 Å². The molecule has 116 valence electrons. The molecule has 0 aliphatic carbocycles. The highest BCUT2D eigenvalue weighted by Gasteiger charge is 2.04. The van der Waals surface area contributed by atoms with Crippen molar-refractivity contribution in [2.24, 2.45) is 0 Å². The van der Waals surface area contributed by atoms with Gasteiger partial charge in [-0.15, -0.1) is 11.6 Å². The largest absolute Gasteiger partial charge is 0.392 e. The molecule has 1 N–H and O–H groups in total. The van der Waals surface area contributed by atoms with E-state index in [1.807, 2.05) is 0 Å². The molecular weight excluding hydrogens is 312 g/mol. The predicted molar refractivity (Wildman–Crippen MR) is 81.7 cm³/mol. The lowest BCUT2D eigenvalue weighted by Crippen LogP contribution is -1.89. The van der Waals surface area contributed by atoms with E-state index in [0.29, 0.717) is 11.4 Å². The summed E-state index contributed by atoms with van der Waals surface area (Å²) in [4.78, 5) is 19.5. The number of hydrogen-bond acceptors (Lipinski definition) is 5. The molecule has 0 heterocycles. The first kappa shape index (κ1) is 17.5. The lowest BCUT2D eigenvalue weighted by atomic mass is 10.2. The summed E-state index contributed by atoms with van der Waals surface area (Å²) in [5, 5.41) is 29.0. The maximum absolute atomic E-state index is 10.2. The van der Waals surface area contributed by atoms with E-state index in [2.05, 4.69) is 0 Å². The summed E-state index contributed by atoms with van der Waals surface area (Å²) in [6.07, 6.45) is 0. The van der Waals surface area contributed by atoms with Crippen molar-refractivity contribution >= 4 is 23.0 Å². The van der Waals surface area contributed by atoms with Crippen LogP contribution in [0, 0.1) is 20.2 Å². The van der Waals surface area contributed by atoms with Crippen molar-refractivity contribution < 1.29 is 15.0 Å². The lowest BCUT2D eigenvalue weighted by molar-refractivity contribution is -0.385. The van der Waals surface area contributed by atoms with E-state index in [0.717, 1.165) is 5.56 Å². The summed E-state index contributed by atoms with van der Waals surface area (Å²) in [7, 11) is 0. The Labute approximate surface area is 131 Å². The smallest absolute Gasteiger partial charge is 0.269 e. The molecule has 0 aliphatic rings. The van der Waals surface area contributed by atoms with E-state index in [-0.39, 0.29) is 18.0 Å². The van der Waals surface area contributed by atoms with E-state index in [1.165, 1.54) is 24.3 Å². The van der Waals surface area contributed by atoms with Crippen molar-refractivity contribution in [3.63, 3.8) is 0 Å². The molecule has 2 aromatic rings. The fourth-order valence-corrected chi connectivity index (χ4v) is 1.69. The zero-order valence-electron chi connectivity index (χ0n) is 11.4. The van der Waals surface area contributed by atoms with Gasteiger partial charge >= 0.3 is 0 Å². The molecule has 0 amide bonds. The van der Waals surface area contributed by atoms with Crippen molar-refractivity contribution in [2.75, 3.05) is 0 Å². The van der Waals surface area contributed by atoms with Crippen LogP contribution in [0.15, 0.2) is 48.5 Å². The van der Waals surface area contributed by atoms with Gasteiger partial charge in [-0.05, 0) is 11.1 Å². The molecule has 7 nitrogen and oxygen atoms in total. The number of halogens is 1. The van der Waals surface area contributed by atoms with Crippen molar-refractivity contribution in [3.8, 4) is 0 Å². The van der Waals surface area contributed by atoms with Crippen LogP contribution in [0.25, 0.3) is 0 Å². The maximum Gasteiger partial charge on any atom is 0.269 e. The molecule has 0 fully saturated rings. The topological polar surface area (TPSA) is 107 Å². The number of non-ortho nitro benzene ring substituents is 2. The minimum atomic E-state index is -0.487. The van der Waals surface area contributed by atoms with Crippen LogP contribution >= 0.6 is 11.6 Å². The monoisotopic (exact) mass is 324 g/mol. The van der Waals surface area contributed by atoms with Crippen molar-refractivity contribution in [1.82, 2.24) is 0 Å². The number of hydrogen-bond donors (Lipinski definition) is 1. The Morgan fingerprint density at radius 1 is 0.909 bits per heavy atom. The number of nitro benzene ring substituents is 2. The normalized spacial score (nSPS) is 9.55. The Balaban J connectivity index is 0.000000220. The third-order valence-electron chi connectivity index (χ3n) is 2.58. The molecule has 0 saturated heterocycles. The second-order valence-corrected chi connectivity index (χ2v) is 4.41. The third kappa shape index (κ3) is 5.47. The first-order valence-corrected chi connectivity index (χ1v) is 6.65. The Hall–Kier alpha value is -2.51. The maximum atomic E-state index is 10.2. The van der Waals surface area contributed by atoms with Gasteiger partial charge in [-0.1, -0.05) is 24.3 Å². The third-order valence-corrected chi connectivity index (χ3v) is 2.89. The van der Waals surface area contributed by atoms with Crippen LogP contribution in [0.3, 0.4) is 0 Å². The highest BCUT2D eigenvalue weighted by atomic mass is 35.5. The fraction of sp³-hybridized carbons (Fsp3) is 0.143. The van der Waals surface area contributed by atoms with E-state index in [4.69, 9.17) is 16.7 Å². The predicted octanol–water partition coefficient (Wildman–Crippen LogP) is 3.42. The van der Waals surface area contributed by atoms with Gasteiger partial charge in [0.2, 0.25) is 0 Å². The standard InChI is InChI=1S/C7H6ClNO2.C7H7NO3/c8-5-6-2-1-3-7(4-6)9(10)11;9-5-6-2-1-3-7(4-6)8(10)11/h1-4H,5H2;1-4,9H,5H2. The number of benzene rings is 2. The van der Waals surface area contributed by atoms with Crippen LogP contribution in [-0.4, -0.2) is 15.0 Å². The Kier molecular flexibility index (Phi) is 6.94. The van der Waals surface area contributed by atoms with Crippen molar-refractivity contribution in [1.29, 1.82) is 0 Å². The molecule has 0 radical (unpaired) electrons. The molecule has 22 heavy (non-hydrogen) atoms. The SMILES string of the molecule is O=[N+]([O-])c1cccc(CCl)c1.O=[N+]([O-])c1cccc(CO)c1. The van der Waals surface area contributed by atoms with Gasteiger partial charge in [-0.2, -0.15) is 0 Å². The first-order valence-electron chi connectivity index (χ1n) is 6.11. The van der Waals surface area contributed by atoms with Gasteiger partial charge in [-0.3, -0.25) is 20.2 Å². The first-order chi connectivity index (χ1) is 10.5. The zero-order chi connectivity index (χ0) is 16.5. The molecule has 0 saturated carbocycles. The van der Waals surface area contributed by atoms with E-state index in [9.17, 15) is 20.2 Å². The summed E-state index contributed by atoms with van der Waals surface area (Å²) >= 11 is 5.48. The van der Waals surface area contributed by atoms with Gasteiger partial charge in [0.15, 0.2) is 0 Å². The van der Waals surface area contributed by atoms with Gasteiger partial charge in [0.25, 0.3) is 11.4 Å². The quantitative estimate of drug-likeness (QED) is 0.526. The van der Waals surface area contributed by atoms with Crippen molar-refractivity contribution in [2.45, 2.75) is 12.5 Å². The van der Waals surface area contributed by atoms with Gasteiger partial charge in [-0.25, -0.2) is 0 Å². The number of nitrogens with zero attached hydrogens (tertiary/aromatic N) is 2. The number of nitro groups is 2. The highest BCUT2D eigenvalue weighted by Crippen LogP contribution is 2.14. The van der Waals surface area contributed by atoms with Gasteiger partial charge in [0.05, 0.1) is 16.5 Å². The Morgan fingerprint density at radius 3 is 1.77 bits per heavy atom. The average Bonchev–Trinajstić information content (AvgIpc) is 2.55. The summed E-state index contributed by atoms with van der Waals surface area (Å²) in [5.41, 5.74) is 1.42. The van der Waals surface area contributed by atoms with E-state index < -0.39 is 9.85 Å². The summed E-state index contributed by atoms with van der Waals surface area (Å²) in [6, 6.07) is 12.2. The molecule has 0 aliphatic heterocycles. The molecule has 0 aromatic heterocycles. The summed E-state index contributed by atoms with van der Waals surface area (Å²) < 4.78 is 0. The number of aliphatic hydroxyl groups excluding tert-OH is 1. The molecule has 8 heteroatoms. The summed E-state index contributed by atoms with van der Waals surface area (Å²) in [6.45, 7) is -0.165. The minimum absolute atomic E-state index is 0.0107. The molecule has 0 spiro atoms. The molecule has 0 unspecified atom stereocenters. The zero-order valence-corrected chi connectivity index (χ0v) is 12.1. The second-order valence-electron chi connectivity index (χ2n) is 4.15. The Bertz CT molecular complexity index is 606. The van der Waals surface area contributed by atoms with Crippen LogP contribution in [0.4, 0.5) is 11.4 Å². The molecule has 2 aromatic carbocycles. The lowest BCUT2D eigenvalue weighted by Gasteiger charge is -1.93. The number of aliphatic hydroxyl groups is 1. The summed E-state index contributed by atoms with van der Waals surface area (Å²) in [5.74, 6) is 0.307. The van der Waals surface area contributed by atoms with Crippen LogP contribution in [0.2, 0.25) is 0 Å². The fourth-order valence-electron chi connectivity index (χ4n) is 1.52. The average molecular weight is 325 g/mol. The van der Waals surface area contributed by atoms with Crippen LogP contribution < -0.4 is 0 Å². The molecular formula is C14H13ClN2O5. The number of rotatable bonds is 4. The Morgan fingerprint density at radius 2 is 1.36 bits per heavy atom. The molecule has 0 bridgehead atoms. The molecule has 2 rings (SSSR count). The highest BCUT2D eigenvalue weighted by molar-refractivity contribution is 6.17. The van der Waals surface area contributed by atoms with Crippen LogP contribution in [0.1, 0.15) is 11.1 Å². The van der Waals surface area contributed by atoms with E-state index in [1.54, 1.807) is 24.3 Å². The van der Waals surface area contributed by atoms with Crippen LogP contribution in [-0.2, 0) is 12.5 Å². The minimum Gasteiger partial charge on any atom is -0.392 e. The van der Waals surface area contributed by atoms with Gasteiger partial charge in [0.1, 0.15) is 0 Å². The van der Waals surface area contributed by atoms with Crippen LogP contribution in [0.5, 0.6) is 0 Å². The number of alkyl halides is 1. The van der Waals surface area contributed by atoms with Crippen molar-refractivity contribution in [3.05, 3.63) is 79.9 Å². The second kappa shape index (κ2) is 8.71. The van der Waals surface area contributed by atoms with E-state index >= 15 is 0 Å².